The van der Waals surface area contributed by atoms with E-state index in [1.54, 1.807) is 11.8 Å². The third-order valence-electron chi connectivity index (χ3n) is 4.83. The van der Waals surface area contributed by atoms with Crippen LogP contribution >= 0.6 is 0 Å². The van der Waals surface area contributed by atoms with Crippen LogP contribution in [0.4, 0.5) is 4.79 Å². The Kier molecular flexibility index (Phi) is 5.26. The predicted molar refractivity (Wildman–Crippen MR) is 102 cm³/mol. The Morgan fingerprint density at radius 1 is 1.24 bits per heavy atom. The monoisotopic (exact) mass is 398 g/mol. The summed E-state index contributed by atoms with van der Waals surface area (Å²) >= 11 is 0. The molecule has 0 spiro atoms. The van der Waals surface area contributed by atoms with Gasteiger partial charge in [-0.2, -0.15) is 5.10 Å². The van der Waals surface area contributed by atoms with E-state index in [0.29, 0.717) is 30.6 Å². The van der Waals surface area contributed by atoms with Gasteiger partial charge in [-0.25, -0.2) is 9.80 Å². The number of carbonyl (C=O) groups is 2. The summed E-state index contributed by atoms with van der Waals surface area (Å²) in [7, 11) is 0. The number of aryl methyl sites for hydroxylation is 2. The Hall–Kier alpha value is -3.27. The van der Waals surface area contributed by atoms with Crippen molar-refractivity contribution in [3.05, 3.63) is 47.2 Å². The van der Waals surface area contributed by atoms with E-state index in [1.165, 1.54) is 5.01 Å². The number of aromatic nitrogens is 2. The molecule has 0 saturated carbocycles. The molecule has 4 rings (SSSR count). The third kappa shape index (κ3) is 4.11. The molecule has 0 bridgehead atoms. The zero-order valence-electron chi connectivity index (χ0n) is 16.3. The average molecular weight is 398 g/mol. The molecule has 0 unspecified atom stereocenters. The molecule has 10 heteroatoms. The van der Waals surface area contributed by atoms with Crippen LogP contribution in [0.15, 0.2) is 33.8 Å². The lowest BCUT2D eigenvalue weighted by molar-refractivity contribution is -0.143. The highest BCUT2D eigenvalue weighted by Crippen LogP contribution is 2.21. The van der Waals surface area contributed by atoms with E-state index < -0.39 is 6.03 Å². The molecule has 2 aromatic rings. The molecular formula is C19H22N6O4. The first-order valence-electron chi connectivity index (χ1n) is 9.38. The lowest BCUT2D eigenvalue weighted by Gasteiger charge is -2.32. The van der Waals surface area contributed by atoms with E-state index in [4.69, 9.17) is 9.15 Å². The van der Waals surface area contributed by atoms with Crippen LogP contribution in [0.5, 0.6) is 0 Å². The molecule has 29 heavy (non-hydrogen) atoms. The molecule has 3 heterocycles. The van der Waals surface area contributed by atoms with Crippen LogP contribution in [0.25, 0.3) is 0 Å². The molecule has 2 aliphatic rings. The Bertz CT molecular complexity index is 938. The molecular weight excluding hydrogens is 376 g/mol. The lowest BCUT2D eigenvalue weighted by Crippen LogP contribution is -2.52. The van der Waals surface area contributed by atoms with Crippen LogP contribution < -0.4 is 5.32 Å². The number of hydrogen-bond donors (Lipinski definition) is 1. The van der Waals surface area contributed by atoms with Crippen LogP contribution in [0, 0.1) is 13.8 Å². The molecule has 10 nitrogen and oxygen atoms in total. The number of nitrogens with zero attached hydrogens (tertiary/aromatic N) is 5. The minimum atomic E-state index is -0.395. The Labute approximate surface area is 167 Å². The van der Waals surface area contributed by atoms with Gasteiger partial charge in [-0.15, -0.1) is 10.2 Å². The largest absolute Gasteiger partial charge is 0.424 e. The van der Waals surface area contributed by atoms with E-state index in [-0.39, 0.29) is 31.6 Å². The molecule has 152 valence electrons. The van der Waals surface area contributed by atoms with Crippen molar-refractivity contribution in [3.63, 3.8) is 0 Å². The number of hydrazone groups is 1. The zero-order valence-corrected chi connectivity index (χ0v) is 16.3. The van der Waals surface area contributed by atoms with E-state index in [1.807, 2.05) is 31.2 Å². The first kappa shape index (κ1) is 19.1. The molecule has 1 aromatic heterocycles. The van der Waals surface area contributed by atoms with Gasteiger partial charge in [0.2, 0.25) is 17.7 Å². The van der Waals surface area contributed by atoms with Crippen molar-refractivity contribution in [1.29, 1.82) is 0 Å². The van der Waals surface area contributed by atoms with Crippen LogP contribution in [-0.4, -0.2) is 70.1 Å². The first-order chi connectivity index (χ1) is 14.0. The number of benzene rings is 1. The van der Waals surface area contributed by atoms with Crippen molar-refractivity contribution in [2.24, 2.45) is 5.10 Å². The number of hydrogen-bond acceptors (Lipinski definition) is 7. The SMILES string of the molecule is Cc1ccc(C2=NN(C(=O)NCc3nnc(C)o3)C[C@H]2N2CCOCC2=O)cc1. The highest BCUT2D eigenvalue weighted by Gasteiger charge is 2.38. The van der Waals surface area contributed by atoms with Gasteiger partial charge in [0.15, 0.2) is 0 Å². The molecule has 2 aliphatic heterocycles. The normalized spacial score (nSPS) is 19.4. The minimum Gasteiger partial charge on any atom is -0.424 e. The zero-order chi connectivity index (χ0) is 20.4. The van der Waals surface area contributed by atoms with Crippen molar-refractivity contribution in [3.8, 4) is 0 Å². The molecule has 0 aliphatic carbocycles. The van der Waals surface area contributed by atoms with Crippen LogP contribution in [0.1, 0.15) is 22.9 Å². The van der Waals surface area contributed by atoms with Crippen LogP contribution in [-0.2, 0) is 16.1 Å². The number of ether oxygens (including phenoxy) is 1. The summed E-state index contributed by atoms with van der Waals surface area (Å²) in [5.74, 6) is 0.642. The van der Waals surface area contributed by atoms with Crippen molar-refractivity contribution >= 4 is 17.6 Å². The van der Waals surface area contributed by atoms with Gasteiger partial charge >= 0.3 is 6.03 Å². The topological polar surface area (TPSA) is 113 Å². The minimum absolute atomic E-state index is 0.0421. The van der Waals surface area contributed by atoms with Crippen molar-refractivity contribution in [2.75, 3.05) is 26.3 Å². The summed E-state index contributed by atoms with van der Waals surface area (Å²) in [6.45, 7) is 5.02. The number of urea groups is 1. The highest BCUT2D eigenvalue weighted by atomic mass is 16.5. The second kappa shape index (κ2) is 8.00. The van der Waals surface area contributed by atoms with Crippen molar-refractivity contribution in [1.82, 2.24) is 25.4 Å². The summed E-state index contributed by atoms with van der Waals surface area (Å²) in [6, 6.07) is 7.15. The van der Waals surface area contributed by atoms with Gasteiger partial charge in [-0.1, -0.05) is 29.8 Å². The van der Waals surface area contributed by atoms with Crippen LogP contribution in [0.3, 0.4) is 0 Å². The Balaban J connectivity index is 1.54. The fourth-order valence-electron chi connectivity index (χ4n) is 3.35. The van der Waals surface area contributed by atoms with E-state index >= 15 is 0 Å². The van der Waals surface area contributed by atoms with Gasteiger partial charge in [0, 0.05) is 13.5 Å². The molecule has 1 saturated heterocycles. The summed E-state index contributed by atoms with van der Waals surface area (Å²) < 4.78 is 10.5. The number of morpholine rings is 1. The van der Waals surface area contributed by atoms with Gasteiger partial charge in [-0.3, -0.25) is 4.79 Å². The number of amides is 3. The second-order valence-corrected chi connectivity index (χ2v) is 6.96. The third-order valence-corrected chi connectivity index (χ3v) is 4.83. The van der Waals surface area contributed by atoms with Crippen molar-refractivity contribution < 1.29 is 18.7 Å². The van der Waals surface area contributed by atoms with Crippen molar-refractivity contribution in [2.45, 2.75) is 26.4 Å². The van der Waals surface area contributed by atoms with E-state index in [9.17, 15) is 9.59 Å². The van der Waals surface area contributed by atoms with Gasteiger partial charge in [0.1, 0.15) is 6.61 Å². The maximum Gasteiger partial charge on any atom is 0.338 e. The van der Waals surface area contributed by atoms with Crippen LogP contribution in [0.2, 0.25) is 0 Å². The summed E-state index contributed by atoms with van der Waals surface area (Å²) in [6.07, 6.45) is 0. The molecule has 0 radical (unpaired) electrons. The molecule has 3 amide bonds. The van der Waals surface area contributed by atoms with E-state index in [0.717, 1.165) is 11.1 Å². The maximum atomic E-state index is 12.7. The molecule has 1 aromatic carbocycles. The molecule has 1 fully saturated rings. The highest BCUT2D eigenvalue weighted by molar-refractivity contribution is 6.08. The lowest BCUT2D eigenvalue weighted by atomic mass is 10.0. The van der Waals surface area contributed by atoms with Gasteiger partial charge in [0.05, 0.1) is 31.4 Å². The Morgan fingerprint density at radius 2 is 2.03 bits per heavy atom. The molecule has 1 atom stereocenters. The van der Waals surface area contributed by atoms with Gasteiger partial charge < -0.3 is 19.4 Å². The number of rotatable bonds is 4. The molecule has 1 N–H and O–H groups in total. The number of nitrogens with one attached hydrogen (secondary N) is 1. The maximum absolute atomic E-state index is 12.7. The fraction of sp³-hybridized carbons (Fsp3) is 0.421. The summed E-state index contributed by atoms with van der Waals surface area (Å²) in [5, 5.41) is 16.2. The summed E-state index contributed by atoms with van der Waals surface area (Å²) in [5.41, 5.74) is 2.68. The Morgan fingerprint density at radius 3 is 2.72 bits per heavy atom. The standard InChI is InChI=1S/C19H22N6O4/c1-12-3-5-14(6-4-12)18-15(24-7-8-28-11-17(24)26)10-25(23-18)19(27)20-9-16-22-21-13(2)29-16/h3-6,15H,7-11H2,1-2H3,(H,20,27)/t15-/m1/s1. The van der Waals surface area contributed by atoms with E-state index in [2.05, 4.69) is 20.6 Å². The van der Waals surface area contributed by atoms with Gasteiger partial charge in [-0.05, 0) is 12.5 Å². The fourth-order valence-corrected chi connectivity index (χ4v) is 3.35. The predicted octanol–water partition coefficient (Wildman–Crippen LogP) is 0.843. The summed E-state index contributed by atoms with van der Waals surface area (Å²) in [4.78, 5) is 26.8. The average Bonchev–Trinajstić information content (AvgIpc) is 3.34. The van der Waals surface area contributed by atoms with Gasteiger partial charge in [0.25, 0.3) is 0 Å². The second-order valence-electron chi connectivity index (χ2n) is 6.96. The number of carbonyl (C=O) groups excluding carboxylic acids is 2. The first-order valence-corrected chi connectivity index (χ1v) is 9.38. The quantitative estimate of drug-likeness (QED) is 0.817. The smallest absolute Gasteiger partial charge is 0.338 e.